The lowest BCUT2D eigenvalue weighted by Crippen LogP contribution is -2.45. The molecule has 110 valence electrons. The van der Waals surface area contributed by atoms with Crippen molar-refractivity contribution in [2.24, 2.45) is 0 Å². The van der Waals surface area contributed by atoms with Crippen molar-refractivity contribution in [1.82, 2.24) is 0 Å². The second kappa shape index (κ2) is 6.37. The van der Waals surface area contributed by atoms with Gasteiger partial charge in [0.25, 0.3) is 0 Å². The largest absolute Gasteiger partial charge is 0.491 e. The summed E-state index contributed by atoms with van der Waals surface area (Å²) in [6.07, 6.45) is 1.33. The van der Waals surface area contributed by atoms with Crippen LogP contribution >= 0.6 is 0 Å². The van der Waals surface area contributed by atoms with E-state index >= 15 is 0 Å². The third-order valence-corrected chi connectivity index (χ3v) is 3.59. The van der Waals surface area contributed by atoms with Crippen LogP contribution in [0.15, 0.2) is 24.3 Å². The number of methoxy groups -OCH3 is 1. The number of rotatable bonds is 5. The fourth-order valence-corrected chi connectivity index (χ4v) is 2.45. The van der Waals surface area contributed by atoms with Crippen LogP contribution in [0.5, 0.6) is 5.75 Å². The lowest BCUT2D eigenvalue weighted by molar-refractivity contribution is -0.0663. The molecule has 0 saturated carbocycles. The zero-order valence-electron chi connectivity index (χ0n) is 12.3. The topological polar surface area (TPSA) is 44.8 Å². The van der Waals surface area contributed by atoms with Crippen LogP contribution in [0, 0.1) is 0 Å². The average Bonchev–Trinajstić information content (AvgIpc) is 2.47. The Bertz CT molecular complexity index is 444. The first kappa shape index (κ1) is 15.0. The van der Waals surface area contributed by atoms with Crippen LogP contribution in [0.25, 0.3) is 0 Å². The standard InChI is InChI=1S/C16H22O4/c1-12(2)20-14-6-4-13(5-7-14)15(17)16(18-3)8-10-19-11-9-16/h4-7,12H,8-11H2,1-3H3. The summed E-state index contributed by atoms with van der Waals surface area (Å²) in [4.78, 5) is 12.7. The molecule has 20 heavy (non-hydrogen) atoms. The second-order valence-electron chi connectivity index (χ2n) is 5.33. The molecular formula is C16H22O4. The van der Waals surface area contributed by atoms with Gasteiger partial charge in [-0.1, -0.05) is 0 Å². The molecular weight excluding hydrogens is 256 g/mol. The molecule has 2 rings (SSSR count). The summed E-state index contributed by atoms with van der Waals surface area (Å²) < 4.78 is 16.4. The first-order chi connectivity index (χ1) is 9.57. The number of hydrogen-bond donors (Lipinski definition) is 0. The number of Topliss-reactive ketones (excluding diaryl/α,β-unsaturated/α-hetero) is 1. The van der Waals surface area contributed by atoms with E-state index in [2.05, 4.69) is 0 Å². The van der Waals surface area contributed by atoms with E-state index in [-0.39, 0.29) is 11.9 Å². The van der Waals surface area contributed by atoms with Gasteiger partial charge in [-0.2, -0.15) is 0 Å². The number of benzene rings is 1. The van der Waals surface area contributed by atoms with Crippen LogP contribution in [0.2, 0.25) is 0 Å². The maximum Gasteiger partial charge on any atom is 0.194 e. The monoisotopic (exact) mass is 278 g/mol. The van der Waals surface area contributed by atoms with Gasteiger partial charge >= 0.3 is 0 Å². The fourth-order valence-electron chi connectivity index (χ4n) is 2.45. The molecule has 1 aliphatic rings. The fraction of sp³-hybridized carbons (Fsp3) is 0.562. The minimum Gasteiger partial charge on any atom is -0.491 e. The first-order valence-electron chi connectivity index (χ1n) is 7.02. The quantitative estimate of drug-likeness (QED) is 0.777. The number of ether oxygens (including phenoxy) is 3. The van der Waals surface area contributed by atoms with E-state index in [1.165, 1.54) is 0 Å². The Hall–Kier alpha value is -1.39. The minimum absolute atomic E-state index is 0.0272. The summed E-state index contributed by atoms with van der Waals surface area (Å²) in [5.41, 5.74) is -0.0802. The lowest BCUT2D eigenvalue weighted by Gasteiger charge is -2.34. The molecule has 1 aliphatic heterocycles. The Kier molecular flexibility index (Phi) is 4.78. The molecule has 4 nitrogen and oxygen atoms in total. The molecule has 0 N–H and O–H groups in total. The lowest BCUT2D eigenvalue weighted by atomic mass is 9.85. The van der Waals surface area contributed by atoms with Gasteiger partial charge in [-0.25, -0.2) is 0 Å². The Morgan fingerprint density at radius 1 is 1.20 bits per heavy atom. The molecule has 0 aromatic heterocycles. The molecule has 4 heteroatoms. The summed E-state index contributed by atoms with van der Waals surface area (Å²) in [6, 6.07) is 7.26. The van der Waals surface area contributed by atoms with E-state index in [1.807, 2.05) is 26.0 Å². The van der Waals surface area contributed by atoms with Gasteiger partial charge < -0.3 is 14.2 Å². The van der Waals surface area contributed by atoms with Gasteiger partial charge in [-0.15, -0.1) is 0 Å². The van der Waals surface area contributed by atoms with Crippen molar-refractivity contribution in [2.45, 2.75) is 38.4 Å². The molecule has 0 atom stereocenters. The zero-order chi connectivity index (χ0) is 14.6. The maximum absolute atomic E-state index is 12.7. The molecule has 0 amide bonds. The van der Waals surface area contributed by atoms with Crippen LogP contribution in [0.1, 0.15) is 37.0 Å². The SMILES string of the molecule is COC1(C(=O)c2ccc(OC(C)C)cc2)CCOCC1. The molecule has 1 heterocycles. The highest BCUT2D eigenvalue weighted by molar-refractivity contribution is 6.02. The number of hydrogen-bond acceptors (Lipinski definition) is 4. The van der Waals surface area contributed by atoms with Crippen molar-refractivity contribution in [3.63, 3.8) is 0 Å². The molecule has 0 aliphatic carbocycles. The van der Waals surface area contributed by atoms with Crippen molar-refractivity contribution in [3.05, 3.63) is 29.8 Å². The summed E-state index contributed by atoms with van der Waals surface area (Å²) in [5.74, 6) is 0.800. The van der Waals surface area contributed by atoms with E-state index in [9.17, 15) is 4.79 Å². The number of ketones is 1. The summed E-state index contributed by atoms with van der Waals surface area (Å²) >= 11 is 0. The molecule has 0 bridgehead atoms. The highest BCUT2D eigenvalue weighted by atomic mass is 16.5. The molecule has 1 saturated heterocycles. The summed E-state index contributed by atoms with van der Waals surface area (Å²) in [6.45, 7) is 5.07. The predicted octanol–water partition coefficient (Wildman–Crippen LogP) is 2.85. The Labute approximate surface area is 120 Å². The van der Waals surface area contributed by atoms with Gasteiger partial charge in [0.15, 0.2) is 5.78 Å². The smallest absolute Gasteiger partial charge is 0.194 e. The third kappa shape index (κ3) is 3.19. The zero-order valence-corrected chi connectivity index (χ0v) is 12.3. The summed E-state index contributed by atoms with van der Waals surface area (Å²) in [7, 11) is 1.60. The Morgan fingerprint density at radius 2 is 1.80 bits per heavy atom. The van der Waals surface area contributed by atoms with Crippen LogP contribution in [0.4, 0.5) is 0 Å². The van der Waals surface area contributed by atoms with E-state index in [1.54, 1.807) is 19.2 Å². The van der Waals surface area contributed by atoms with Gasteiger partial charge in [0.2, 0.25) is 0 Å². The van der Waals surface area contributed by atoms with E-state index < -0.39 is 5.60 Å². The Balaban J connectivity index is 2.15. The Morgan fingerprint density at radius 3 is 2.30 bits per heavy atom. The van der Waals surface area contributed by atoms with Crippen molar-refractivity contribution >= 4 is 5.78 Å². The number of carbonyl (C=O) groups excluding carboxylic acids is 1. The normalized spacial score (nSPS) is 18.0. The molecule has 1 fully saturated rings. The summed E-state index contributed by atoms with van der Waals surface area (Å²) in [5, 5.41) is 0. The van der Waals surface area contributed by atoms with E-state index in [4.69, 9.17) is 14.2 Å². The first-order valence-corrected chi connectivity index (χ1v) is 7.02. The van der Waals surface area contributed by atoms with Gasteiger partial charge in [-0.05, 0) is 38.1 Å². The van der Waals surface area contributed by atoms with Crippen molar-refractivity contribution in [3.8, 4) is 5.75 Å². The highest BCUT2D eigenvalue weighted by Gasteiger charge is 2.40. The van der Waals surface area contributed by atoms with E-state index in [0.717, 1.165) is 5.75 Å². The van der Waals surface area contributed by atoms with Gasteiger partial charge in [0.05, 0.1) is 6.10 Å². The molecule has 1 aromatic rings. The molecule has 0 unspecified atom stereocenters. The van der Waals surface area contributed by atoms with Crippen LogP contribution < -0.4 is 4.74 Å². The predicted molar refractivity (Wildman–Crippen MR) is 76.3 cm³/mol. The minimum atomic E-state index is -0.737. The van der Waals surface area contributed by atoms with E-state index in [0.29, 0.717) is 31.6 Å². The van der Waals surface area contributed by atoms with Crippen molar-refractivity contribution in [2.75, 3.05) is 20.3 Å². The third-order valence-electron chi connectivity index (χ3n) is 3.59. The van der Waals surface area contributed by atoms with Gasteiger partial charge in [-0.3, -0.25) is 4.79 Å². The number of carbonyl (C=O) groups is 1. The van der Waals surface area contributed by atoms with Gasteiger partial charge in [0.1, 0.15) is 11.4 Å². The second-order valence-corrected chi connectivity index (χ2v) is 5.33. The van der Waals surface area contributed by atoms with Crippen molar-refractivity contribution in [1.29, 1.82) is 0 Å². The molecule has 1 aromatic carbocycles. The van der Waals surface area contributed by atoms with Gasteiger partial charge in [0, 0.05) is 38.7 Å². The van der Waals surface area contributed by atoms with Crippen LogP contribution in [-0.4, -0.2) is 37.8 Å². The van der Waals surface area contributed by atoms with Crippen LogP contribution in [0.3, 0.4) is 0 Å². The van der Waals surface area contributed by atoms with Crippen LogP contribution in [-0.2, 0) is 9.47 Å². The molecule has 0 spiro atoms. The average molecular weight is 278 g/mol. The highest BCUT2D eigenvalue weighted by Crippen LogP contribution is 2.29. The maximum atomic E-state index is 12.7. The molecule has 0 radical (unpaired) electrons. The van der Waals surface area contributed by atoms with Crippen molar-refractivity contribution < 1.29 is 19.0 Å².